The molecule has 3 N–H and O–H groups in total. The van der Waals surface area contributed by atoms with Crippen molar-refractivity contribution >= 4 is 17.8 Å². The van der Waals surface area contributed by atoms with Gasteiger partial charge in [0.05, 0.1) is 6.42 Å². The Balaban J connectivity index is 2.70. The quantitative estimate of drug-likeness (QED) is 0.642. The van der Waals surface area contributed by atoms with Gasteiger partial charge in [0.15, 0.2) is 5.69 Å². The second kappa shape index (κ2) is 5.10. The normalized spacial score (nSPS) is 11.8. The summed E-state index contributed by atoms with van der Waals surface area (Å²) in [4.78, 5) is 32.5. The van der Waals surface area contributed by atoms with Crippen LogP contribution in [0, 0.1) is 6.92 Å². The lowest BCUT2D eigenvalue weighted by Crippen LogP contribution is -2.42. The first-order chi connectivity index (χ1) is 7.90. The first-order valence-electron chi connectivity index (χ1n) is 4.59. The molecule has 17 heavy (non-hydrogen) atoms. The highest BCUT2D eigenvalue weighted by Crippen LogP contribution is 2.02. The van der Waals surface area contributed by atoms with Gasteiger partial charge in [-0.1, -0.05) is 5.16 Å². The van der Waals surface area contributed by atoms with E-state index < -0.39 is 30.3 Å². The Hall–Kier alpha value is -2.38. The van der Waals surface area contributed by atoms with Crippen LogP contribution in [0.25, 0.3) is 0 Å². The summed E-state index contributed by atoms with van der Waals surface area (Å²) in [5.41, 5.74) is -0.0980. The Morgan fingerprint density at radius 1 is 1.47 bits per heavy atom. The molecule has 1 atom stereocenters. The standard InChI is InChI=1S/C9H10N2O6/c1-4-2-5(11-17-4)8(14)10-6(9(15)16)3-7(12)13/h2,6H,3H2,1H3,(H,10,14)(H,12,13)(H,15,16)/t6-/m0/s1. The molecule has 0 spiro atoms. The van der Waals surface area contributed by atoms with Crippen LogP contribution in [-0.4, -0.2) is 39.3 Å². The zero-order valence-electron chi connectivity index (χ0n) is 8.84. The summed E-state index contributed by atoms with van der Waals surface area (Å²) in [6.07, 6.45) is -0.710. The molecule has 0 bridgehead atoms. The number of aryl methyl sites for hydroxylation is 1. The highest BCUT2D eigenvalue weighted by atomic mass is 16.5. The van der Waals surface area contributed by atoms with Gasteiger partial charge in [0.1, 0.15) is 11.8 Å². The minimum Gasteiger partial charge on any atom is -0.481 e. The molecule has 8 heteroatoms. The summed E-state index contributed by atoms with van der Waals surface area (Å²) >= 11 is 0. The van der Waals surface area contributed by atoms with E-state index in [0.29, 0.717) is 5.76 Å². The zero-order chi connectivity index (χ0) is 13.0. The minimum atomic E-state index is -1.50. The number of hydrogen-bond acceptors (Lipinski definition) is 5. The van der Waals surface area contributed by atoms with Crippen molar-refractivity contribution in [1.29, 1.82) is 0 Å². The topological polar surface area (TPSA) is 130 Å². The van der Waals surface area contributed by atoms with Crippen molar-refractivity contribution in [2.75, 3.05) is 0 Å². The molecule has 1 aromatic heterocycles. The van der Waals surface area contributed by atoms with Crippen LogP contribution in [0.5, 0.6) is 0 Å². The van der Waals surface area contributed by atoms with Crippen molar-refractivity contribution < 1.29 is 29.1 Å². The lowest BCUT2D eigenvalue weighted by atomic mass is 10.2. The summed E-state index contributed by atoms with van der Waals surface area (Å²) in [5.74, 6) is -3.16. The number of nitrogens with zero attached hydrogens (tertiary/aromatic N) is 1. The third-order valence-corrected chi connectivity index (χ3v) is 1.84. The van der Waals surface area contributed by atoms with Gasteiger partial charge in [-0.15, -0.1) is 0 Å². The van der Waals surface area contributed by atoms with Gasteiger partial charge in [0.2, 0.25) is 0 Å². The molecule has 92 valence electrons. The molecule has 0 unspecified atom stereocenters. The van der Waals surface area contributed by atoms with Crippen LogP contribution < -0.4 is 5.32 Å². The largest absolute Gasteiger partial charge is 0.481 e. The Kier molecular flexibility index (Phi) is 3.81. The van der Waals surface area contributed by atoms with E-state index in [1.165, 1.54) is 6.07 Å². The average Bonchev–Trinajstić information content (AvgIpc) is 2.63. The Bertz CT molecular complexity index is 452. The molecule has 0 saturated carbocycles. The molecule has 1 rings (SSSR count). The van der Waals surface area contributed by atoms with Gasteiger partial charge in [0.25, 0.3) is 5.91 Å². The number of aromatic nitrogens is 1. The first-order valence-corrected chi connectivity index (χ1v) is 4.59. The SMILES string of the molecule is Cc1cc(C(=O)N[C@@H](CC(=O)O)C(=O)O)no1. The van der Waals surface area contributed by atoms with E-state index in [1.54, 1.807) is 6.92 Å². The zero-order valence-corrected chi connectivity index (χ0v) is 8.84. The number of carboxylic acids is 2. The van der Waals surface area contributed by atoms with E-state index in [4.69, 9.17) is 10.2 Å². The van der Waals surface area contributed by atoms with Crippen molar-refractivity contribution in [2.24, 2.45) is 0 Å². The lowest BCUT2D eigenvalue weighted by molar-refractivity contribution is -0.145. The predicted molar refractivity (Wildman–Crippen MR) is 52.4 cm³/mol. The maximum Gasteiger partial charge on any atom is 0.326 e. The molecule has 0 aromatic carbocycles. The fraction of sp³-hybridized carbons (Fsp3) is 0.333. The van der Waals surface area contributed by atoms with Crippen LogP contribution in [0.1, 0.15) is 22.7 Å². The second-order valence-electron chi connectivity index (χ2n) is 3.28. The van der Waals surface area contributed by atoms with E-state index in [-0.39, 0.29) is 5.69 Å². The molecule has 0 fully saturated rings. The van der Waals surface area contributed by atoms with Crippen LogP contribution in [0.2, 0.25) is 0 Å². The summed E-state index contributed by atoms with van der Waals surface area (Å²) in [6.45, 7) is 1.57. The number of nitrogens with one attached hydrogen (secondary N) is 1. The molecule has 0 saturated heterocycles. The molecule has 1 aromatic rings. The Morgan fingerprint density at radius 2 is 2.12 bits per heavy atom. The maximum atomic E-state index is 11.5. The number of hydrogen-bond donors (Lipinski definition) is 3. The smallest absolute Gasteiger partial charge is 0.326 e. The van der Waals surface area contributed by atoms with Crippen LogP contribution in [0.3, 0.4) is 0 Å². The molecule has 1 heterocycles. The average molecular weight is 242 g/mol. The minimum absolute atomic E-state index is 0.0980. The number of rotatable bonds is 5. The van der Waals surface area contributed by atoms with Gasteiger partial charge in [-0.2, -0.15) is 0 Å². The van der Waals surface area contributed by atoms with Crippen LogP contribution in [0.15, 0.2) is 10.6 Å². The summed E-state index contributed by atoms with van der Waals surface area (Å²) in [5, 5.41) is 22.6. The van der Waals surface area contributed by atoms with Crippen molar-refractivity contribution in [3.05, 3.63) is 17.5 Å². The van der Waals surface area contributed by atoms with Crippen molar-refractivity contribution in [3.63, 3.8) is 0 Å². The fourth-order valence-electron chi connectivity index (χ4n) is 1.08. The van der Waals surface area contributed by atoms with Gasteiger partial charge < -0.3 is 20.1 Å². The number of carboxylic acid groups (broad SMARTS) is 2. The fourth-order valence-corrected chi connectivity index (χ4v) is 1.08. The van der Waals surface area contributed by atoms with Crippen molar-refractivity contribution in [2.45, 2.75) is 19.4 Å². The molecular weight excluding hydrogens is 232 g/mol. The van der Waals surface area contributed by atoms with Crippen molar-refractivity contribution in [1.82, 2.24) is 10.5 Å². The lowest BCUT2D eigenvalue weighted by Gasteiger charge is -2.10. The molecule has 0 aliphatic rings. The Morgan fingerprint density at radius 3 is 2.53 bits per heavy atom. The highest BCUT2D eigenvalue weighted by molar-refractivity contribution is 5.95. The molecular formula is C9H10N2O6. The van der Waals surface area contributed by atoms with Gasteiger partial charge in [-0.25, -0.2) is 4.79 Å². The highest BCUT2D eigenvalue weighted by Gasteiger charge is 2.24. The van der Waals surface area contributed by atoms with Crippen molar-refractivity contribution in [3.8, 4) is 0 Å². The summed E-state index contributed by atoms with van der Waals surface area (Å²) < 4.78 is 4.63. The van der Waals surface area contributed by atoms with E-state index in [9.17, 15) is 14.4 Å². The molecule has 8 nitrogen and oxygen atoms in total. The summed E-state index contributed by atoms with van der Waals surface area (Å²) in [6, 6.07) is -0.188. The third kappa shape index (κ3) is 3.59. The second-order valence-corrected chi connectivity index (χ2v) is 3.28. The van der Waals surface area contributed by atoms with Gasteiger partial charge >= 0.3 is 11.9 Å². The van der Waals surface area contributed by atoms with Gasteiger partial charge in [-0.3, -0.25) is 9.59 Å². The molecule has 0 radical (unpaired) electrons. The van der Waals surface area contributed by atoms with Crippen LogP contribution in [0.4, 0.5) is 0 Å². The predicted octanol–water partition coefficient (Wildman–Crippen LogP) is -0.359. The summed E-state index contributed by atoms with van der Waals surface area (Å²) in [7, 11) is 0. The number of carbonyl (C=O) groups excluding carboxylic acids is 1. The number of aliphatic carboxylic acids is 2. The first kappa shape index (κ1) is 12.7. The number of amides is 1. The van der Waals surface area contributed by atoms with E-state index in [2.05, 4.69) is 9.68 Å². The number of carbonyl (C=O) groups is 3. The van der Waals surface area contributed by atoms with E-state index in [1.807, 2.05) is 5.32 Å². The monoisotopic (exact) mass is 242 g/mol. The van der Waals surface area contributed by atoms with Crippen LogP contribution in [-0.2, 0) is 9.59 Å². The van der Waals surface area contributed by atoms with Crippen LogP contribution >= 0.6 is 0 Å². The molecule has 0 aliphatic carbocycles. The van der Waals surface area contributed by atoms with E-state index in [0.717, 1.165) is 0 Å². The van der Waals surface area contributed by atoms with Gasteiger partial charge in [-0.05, 0) is 6.92 Å². The molecule has 0 aliphatic heterocycles. The van der Waals surface area contributed by atoms with Gasteiger partial charge in [0, 0.05) is 6.07 Å². The molecule has 1 amide bonds. The Labute approximate surface area is 95.2 Å². The maximum absolute atomic E-state index is 11.5. The third-order valence-electron chi connectivity index (χ3n) is 1.84. The van der Waals surface area contributed by atoms with E-state index >= 15 is 0 Å².